The van der Waals surface area contributed by atoms with Gasteiger partial charge in [-0.05, 0) is 30.7 Å². The molecular formula is C16H13Cl3N4O. The zero-order chi connectivity index (χ0) is 17.4. The molecule has 5 nitrogen and oxygen atoms in total. The Hall–Kier alpha value is -1.95. The van der Waals surface area contributed by atoms with E-state index in [9.17, 15) is 4.79 Å². The molecule has 3 N–H and O–H groups in total. The van der Waals surface area contributed by atoms with Gasteiger partial charge < -0.3 is 15.6 Å². The molecule has 3 rings (SSSR count). The Balaban J connectivity index is 1.89. The van der Waals surface area contributed by atoms with Crippen LogP contribution in [0.5, 0.6) is 0 Å². The van der Waals surface area contributed by atoms with Gasteiger partial charge in [-0.3, -0.25) is 4.79 Å². The van der Waals surface area contributed by atoms with Crippen LogP contribution in [0.4, 0.5) is 11.6 Å². The first-order chi connectivity index (χ1) is 11.4. The van der Waals surface area contributed by atoms with Gasteiger partial charge in [0.05, 0.1) is 26.8 Å². The second kappa shape index (κ2) is 6.51. The summed E-state index contributed by atoms with van der Waals surface area (Å²) in [5.74, 6) is -0.0589. The topological polar surface area (TPSA) is 72.9 Å². The molecule has 1 aromatic heterocycles. The molecule has 0 spiro atoms. The summed E-state index contributed by atoms with van der Waals surface area (Å²) in [6.45, 7) is 1.92. The lowest BCUT2D eigenvalue weighted by atomic mass is 10.2. The molecule has 24 heavy (non-hydrogen) atoms. The first kappa shape index (κ1) is 16.9. The Morgan fingerprint density at radius 2 is 1.92 bits per heavy atom. The van der Waals surface area contributed by atoms with Crippen molar-refractivity contribution in [3.8, 4) is 0 Å². The van der Waals surface area contributed by atoms with E-state index in [-0.39, 0.29) is 28.4 Å². The smallest absolute Gasteiger partial charge is 0.244 e. The van der Waals surface area contributed by atoms with Crippen molar-refractivity contribution in [3.63, 3.8) is 0 Å². The number of para-hydroxylation sites is 1. The number of amides is 1. The fourth-order valence-electron chi connectivity index (χ4n) is 2.46. The number of rotatable bonds is 3. The van der Waals surface area contributed by atoms with Crippen molar-refractivity contribution in [2.45, 2.75) is 13.5 Å². The van der Waals surface area contributed by atoms with E-state index in [4.69, 9.17) is 40.5 Å². The van der Waals surface area contributed by atoms with Crippen LogP contribution in [0, 0.1) is 6.92 Å². The minimum absolute atomic E-state index is 0.0128. The highest BCUT2D eigenvalue weighted by Gasteiger charge is 2.15. The number of anilines is 2. The van der Waals surface area contributed by atoms with E-state index in [2.05, 4.69) is 10.3 Å². The Morgan fingerprint density at radius 1 is 1.25 bits per heavy atom. The van der Waals surface area contributed by atoms with Crippen LogP contribution in [0.3, 0.4) is 0 Å². The van der Waals surface area contributed by atoms with Gasteiger partial charge in [0.15, 0.2) is 0 Å². The number of carbonyl (C=O) groups is 1. The first-order valence-corrected chi connectivity index (χ1v) is 8.16. The van der Waals surface area contributed by atoms with Gasteiger partial charge in [-0.2, -0.15) is 0 Å². The number of benzene rings is 2. The fourth-order valence-corrected chi connectivity index (χ4v) is 3.37. The third-order valence-electron chi connectivity index (χ3n) is 3.58. The van der Waals surface area contributed by atoms with Gasteiger partial charge in [0.1, 0.15) is 6.54 Å². The molecular weight excluding hydrogens is 371 g/mol. The first-order valence-electron chi connectivity index (χ1n) is 7.02. The molecule has 124 valence electrons. The summed E-state index contributed by atoms with van der Waals surface area (Å²) < 4.78 is 1.63. The van der Waals surface area contributed by atoms with Crippen molar-refractivity contribution < 1.29 is 4.79 Å². The Labute approximate surface area is 153 Å². The molecule has 0 aliphatic heterocycles. The van der Waals surface area contributed by atoms with Crippen molar-refractivity contribution in [2.24, 2.45) is 0 Å². The maximum absolute atomic E-state index is 12.4. The quantitative estimate of drug-likeness (QED) is 0.698. The predicted octanol–water partition coefficient (Wildman–Crippen LogP) is 4.53. The van der Waals surface area contributed by atoms with Gasteiger partial charge in [0.25, 0.3) is 0 Å². The predicted molar refractivity (Wildman–Crippen MR) is 99.0 cm³/mol. The van der Waals surface area contributed by atoms with Gasteiger partial charge in [-0.25, -0.2) is 4.98 Å². The maximum Gasteiger partial charge on any atom is 0.244 e. The molecule has 0 fully saturated rings. The highest BCUT2D eigenvalue weighted by atomic mass is 35.5. The third kappa shape index (κ3) is 3.15. The van der Waals surface area contributed by atoms with E-state index in [1.54, 1.807) is 4.57 Å². The number of aryl methyl sites for hydroxylation is 1. The van der Waals surface area contributed by atoms with Crippen molar-refractivity contribution in [3.05, 3.63) is 51.0 Å². The highest BCUT2D eigenvalue weighted by Crippen LogP contribution is 2.33. The lowest BCUT2D eigenvalue weighted by molar-refractivity contribution is -0.116. The number of nitrogen functional groups attached to an aromatic ring is 1. The highest BCUT2D eigenvalue weighted by molar-refractivity contribution is 6.42. The van der Waals surface area contributed by atoms with Crippen LogP contribution in [-0.2, 0) is 11.3 Å². The number of hydrogen-bond acceptors (Lipinski definition) is 3. The Morgan fingerprint density at radius 3 is 2.58 bits per heavy atom. The Kier molecular flexibility index (Phi) is 4.58. The summed E-state index contributed by atoms with van der Waals surface area (Å²) in [6.07, 6.45) is 0. The van der Waals surface area contributed by atoms with E-state index in [1.807, 2.05) is 25.1 Å². The lowest BCUT2D eigenvalue weighted by Crippen LogP contribution is -2.20. The number of aromatic nitrogens is 2. The van der Waals surface area contributed by atoms with Gasteiger partial charge >= 0.3 is 0 Å². The second-order valence-corrected chi connectivity index (χ2v) is 6.54. The summed E-state index contributed by atoms with van der Waals surface area (Å²) in [7, 11) is 0. The number of nitrogens with one attached hydrogen (secondary N) is 1. The molecule has 0 saturated carbocycles. The Bertz CT molecular complexity index is 929. The number of carbonyl (C=O) groups excluding carboxylic acids is 1. The molecule has 0 atom stereocenters. The standard InChI is InChI=1S/C16H13Cl3N4O/c1-8-3-2-4-12-14(8)22-16(20)23(12)7-13(24)21-15-10(18)5-9(17)6-11(15)19/h2-6H,7H2,1H3,(H2,20,22)(H,21,24). The van der Waals surface area contributed by atoms with Crippen molar-refractivity contribution in [2.75, 3.05) is 11.1 Å². The number of hydrogen-bond donors (Lipinski definition) is 2. The van der Waals surface area contributed by atoms with Crippen LogP contribution in [0.1, 0.15) is 5.56 Å². The van der Waals surface area contributed by atoms with Gasteiger partial charge in [-0.1, -0.05) is 46.9 Å². The average molecular weight is 384 g/mol. The van der Waals surface area contributed by atoms with Crippen LogP contribution < -0.4 is 11.1 Å². The lowest BCUT2D eigenvalue weighted by Gasteiger charge is -2.11. The van der Waals surface area contributed by atoms with E-state index in [0.29, 0.717) is 10.7 Å². The molecule has 0 saturated heterocycles. The zero-order valence-corrected chi connectivity index (χ0v) is 14.9. The van der Waals surface area contributed by atoms with Crippen LogP contribution in [0.2, 0.25) is 15.1 Å². The summed E-state index contributed by atoms with van der Waals surface area (Å²) in [5, 5.41) is 3.60. The van der Waals surface area contributed by atoms with E-state index in [0.717, 1.165) is 16.6 Å². The molecule has 1 heterocycles. The van der Waals surface area contributed by atoms with Crippen LogP contribution in [-0.4, -0.2) is 15.5 Å². The molecule has 0 radical (unpaired) electrons. The normalized spacial score (nSPS) is 11.0. The van der Waals surface area contributed by atoms with E-state index >= 15 is 0 Å². The molecule has 1 amide bonds. The molecule has 2 aromatic carbocycles. The van der Waals surface area contributed by atoms with Gasteiger partial charge in [0.2, 0.25) is 11.9 Å². The molecule has 0 bridgehead atoms. The van der Waals surface area contributed by atoms with E-state index < -0.39 is 0 Å². The number of halogens is 3. The SMILES string of the molecule is Cc1cccc2c1nc(N)n2CC(=O)Nc1c(Cl)cc(Cl)cc1Cl. The van der Waals surface area contributed by atoms with Gasteiger partial charge in [0, 0.05) is 5.02 Å². The van der Waals surface area contributed by atoms with Crippen molar-refractivity contribution in [1.82, 2.24) is 9.55 Å². The largest absolute Gasteiger partial charge is 0.369 e. The van der Waals surface area contributed by atoms with E-state index in [1.165, 1.54) is 12.1 Å². The van der Waals surface area contributed by atoms with Crippen molar-refractivity contribution in [1.29, 1.82) is 0 Å². The van der Waals surface area contributed by atoms with Crippen LogP contribution >= 0.6 is 34.8 Å². The fraction of sp³-hybridized carbons (Fsp3) is 0.125. The molecule has 0 aliphatic carbocycles. The van der Waals surface area contributed by atoms with Crippen molar-refractivity contribution >= 4 is 63.4 Å². The summed E-state index contributed by atoms with van der Waals surface area (Å²) in [4.78, 5) is 16.7. The maximum atomic E-state index is 12.4. The van der Waals surface area contributed by atoms with Gasteiger partial charge in [-0.15, -0.1) is 0 Å². The number of imidazole rings is 1. The third-order valence-corrected chi connectivity index (χ3v) is 4.40. The zero-order valence-electron chi connectivity index (χ0n) is 12.6. The average Bonchev–Trinajstić information content (AvgIpc) is 2.81. The number of fused-ring (bicyclic) bond motifs is 1. The minimum Gasteiger partial charge on any atom is -0.369 e. The monoisotopic (exact) mass is 382 g/mol. The molecule has 3 aromatic rings. The number of nitrogens with zero attached hydrogens (tertiary/aromatic N) is 2. The minimum atomic E-state index is -0.325. The summed E-state index contributed by atoms with van der Waals surface area (Å²) in [5.41, 5.74) is 8.80. The second-order valence-electron chi connectivity index (χ2n) is 5.29. The molecule has 0 aliphatic rings. The number of nitrogens with two attached hydrogens (primary N) is 1. The molecule has 8 heteroatoms. The van der Waals surface area contributed by atoms with Crippen LogP contribution in [0.15, 0.2) is 30.3 Å². The van der Waals surface area contributed by atoms with Crippen LogP contribution in [0.25, 0.3) is 11.0 Å². The molecule has 0 unspecified atom stereocenters. The summed E-state index contributed by atoms with van der Waals surface area (Å²) in [6, 6.07) is 8.71. The summed E-state index contributed by atoms with van der Waals surface area (Å²) >= 11 is 18.0.